The van der Waals surface area contributed by atoms with Gasteiger partial charge in [0.25, 0.3) is 11.8 Å². The van der Waals surface area contributed by atoms with Gasteiger partial charge < -0.3 is 10.2 Å². The number of sulfone groups is 1. The average Bonchev–Trinajstić information content (AvgIpc) is 2.62. The molecule has 0 aliphatic carbocycles. The van der Waals surface area contributed by atoms with Gasteiger partial charge in [-0.2, -0.15) is 0 Å². The molecule has 0 radical (unpaired) electrons. The summed E-state index contributed by atoms with van der Waals surface area (Å²) in [6.45, 7) is 3.19. The van der Waals surface area contributed by atoms with E-state index in [0.717, 1.165) is 0 Å². The van der Waals surface area contributed by atoms with Crippen molar-refractivity contribution in [1.29, 1.82) is 0 Å². The molecule has 0 aromatic heterocycles. The van der Waals surface area contributed by atoms with Gasteiger partial charge in [-0.15, -0.1) is 0 Å². The van der Waals surface area contributed by atoms with Crippen LogP contribution in [0.1, 0.15) is 34.6 Å². The summed E-state index contributed by atoms with van der Waals surface area (Å²) in [6.07, 6.45) is 0. The van der Waals surface area contributed by atoms with E-state index in [1.165, 1.54) is 41.3 Å². The third-order valence-corrected chi connectivity index (χ3v) is 6.43. The molecule has 0 bridgehead atoms. The Morgan fingerprint density at radius 2 is 1.56 bits per heavy atom. The molecule has 8 heteroatoms. The van der Waals surface area contributed by atoms with E-state index in [4.69, 9.17) is 11.6 Å². The number of halogens is 1. The van der Waals surface area contributed by atoms with Crippen LogP contribution in [0.5, 0.6) is 0 Å². The lowest BCUT2D eigenvalue weighted by Crippen LogP contribution is -2.22. The van der Waals surface area contributed by atoms with Gasteiger partial charge in [-0.25, -0.2) is 8.42 Å². The van der Waals surface area contributed by atoms with Gasteiger partial charge in [-0.3, -0.25) is 9.59 Å². The predicted molar refractivity (Wildman–Crippen MR) is 106 cm³/mol. The van der Waals surface area contributed by atoms with E-state index in [-0.39, 0.29) is 21.4 Å². The minimum atomic E-state index is -3.40. The first-order valence-corrected chi connectivity index (χ1v) is 10.1. The number of nitrogens with zero attached hydrogens (tertiary/aromatic N) is 1. The zero-order valence-corrected chi connectivity index (χ0v) is 17.1. The molecule has 0 aliphatic rings. The van der Waals surface area contributed by atoms with Gasteiger partial charge in [0.2, 0.25) is 0 Å². The summed E-state index contributed by atoms with van der Waals surface area (Å²) in [5, 5.41) is 2.39. The van der Waals surface area contributed by atoms with E-state index in [1.807, 2.05) is 0 Å². The maximum atomic E-state index is 12.5. The maximum Gasteiger partial charge on any atom is 0.255 e. The number of hydrogen-bond acceptors (Lipinski definition) is 4. The lowest BCUT2D eigenvalue weighted by molar-refractivity contribution is 0.0827. The number of carbonyl (C=O) groups is 2. The Morgan fingerprint density at radius 1 is 1.00 bits per heavy atom. The minimum absolute atomic E-state index is 0.158. The second-order valence-electron chi connectivity index (χ2n) is 6.47. The van der Waals surface area contributed by atoms with Crippen LogP contribution in [0.25, 0.3) is 0 Å². The molecule has 0 atom stereocenters. The van der Waals surface area contributed by atoms with Crippen molar-refractivity contribution >= 4 is 38.9 Å². The van der Waals surface area contributed by atoms with Crippen LogP contribution in [0.15, 0.2) is 47.4 Å². The third-order valence-electron chi connectivity index (χ3n) is 3.93. The van der Waals surface area contributed by atoms with Crippen LogP contribution < -0.4 is 5.32 Å². The molecule has 1 N–H and O–H groups in total. The molecule has 0 spiro atoms. The fourth-order valence-electron chi connectivity index (χ4n) is 2.27. The normalized spacial score (nSPS) is 11.3. The first kappa shape index (κ1) is 20.9. The molecule has 6 nitrogen and oxygen atoms in total. The summed E-state index contributed by atoms with van der Waals surface area (Å²) in [4.78, 5) is 26.1. The van der Waals surface area contributed by atoms with Gasteiger partial charge in [-0.1, -0.05) is 11.6 Å². The van der Waals surface area contributed by atoms with E-state index in [1.54, 1.807) is 34.0 Å². The summed E-state index contributed by atoms with van der Waals surface area (Å²) in [5.41, 5.74) is 0.962. The molecule has 0 unspecified atom stereocenters. The van der Waals surface area contributed by atoms with Crippen molar-refractivity contribution in [3.63, 3.8) is 0 Å². The highest BCUT2D eigenvalue weighted by atomic mass is 35.5. The third kappa shape index (κ3) is 4.67. The highest BCUT2D eigenvalue weighted by molar-refractivity contribution is 7.92. The Balaban J connectivity index is 2.25. The topological polar surface area (TPSA) is 83.5 Å². The zero-order valence-electron chi connectivity index (χ0n) is 15.5. The molecule has 2 rings (SSSR count). The molecule has 144 valence electrons. The Morgan fingerprint density at radius 3 is 2.07 bits per heavy atom. The molecule has 0 aliphatic heterocycles. The largest absolute Gasteiger partial charge is 0.345 e. The van der Waals surface area contributed by atoms with Crippen molar-refractivity contribution < 1.29 is 18.0 Å². The number of carbonyl (C=O) groups excluding carboxylic acids is 2. The summed E-state index contributed by atoms with van der Waals surface area (Å²) < 4.78 is 24.3. The Labute approximate surface area is 164 Å². The Bertz CT molecular complexity index is 968. The molecule has 2 aromatic rings. The fourth-order valence-corrected chi connectivity index (χ4v) is 3.50. The molecule has 27 heavy (non-hydrogen) atoms. The quantitative estimate of drug-likeness (QED) is 0.820. The fraction of sp³-hybridized carbons (Fsp3) is 0.263. The van der Waals surface area contributed by atoms with Crippen molar-refractivity contribution in [2.45, 2.75) is 24.0 Å². The van der Waals surface area contributed by atoms with E-state index in [9.17, 15) is 18.0 Å². The number of anilines is 1. The zero-order chi connectivity index (χ0) is 20.4. The van der Waals surface area contributed by atoms with Crippen LogP contribution >= 0.6 is 11.6 Å². The number of hydrogen-bond donors (Lipinski definition) is 1. The molecule has 2 aromatic carbocycles. The van der Waals surface area contributed by atoms with Gasteiger partial charge in [0, 0.05) is 25.2 Å². The molecule has 0 fully saturated rings. The number of amides is 2. The van der Waals surface area contributed by atoms with Crippen LogP contribution in [0, 0.1) is 0 Å². The molecular weight excluding hydrogens is 388 g/mol. The molecule has 0 heterocycles. The standard InChI is InChI=1S/C19H21ClN2O4S/c1-12(2)27(25,26)15-8-5-13(6-9-15)18(23)21-17-11-14(7-10-16(17)20)19(24)22(3)4/h5-12H,1-4H3,(H,21,23). The molecular formula is C19H21ClN2O4S. The van der Waals surface area contributed by atoms with Crippen LogP contribution in [0.3, 0.4) is 0 Å². The van der Waals surface area contributed by atoms with Crippen LogP contribution in [0.4, 0.5) is 5.69 Å². The first-order chi connectivity index (χ1) is 12.5. The van der Waals surface area contributed by atoms with Crippen LogP contribution in [-0.4, -0.2) is 44.5 Å². The van der Waals surface area contributed by atoms with Crippen LogP contribution in [0.2, 0.25) is 5.02 Å². The van der Waals surface area contributed by atoms with Gasteiger partial charge in [0.1, 0.15) is 0 Å². The molecule has 0 saturated heterocycles. The van der Waals surface area contributed by atoms with Crippen LogP contribution in [-0.2, 0) is 9.84 Å². The summed E-state index contributed by atoms with van der Waals surface area (Å²) in [5.74, 6) is -0.676. The summed E-state index contributed by atoms with van der Waals surface area (Å²) in [7, 11) is -0.149. The highest BCUT2D eigenvalue weighted by Crippen LogP contribution is 2.24. The van der Waals surface area contributed by atoms with Gasteiger partial charge in [0.15, 0.2) is 9.84 Å². The SMILES string of the molecule is CC(C)S(=O)(=O)c1ccc(C(=O)Nc2cc(C(=O)N(C)C)ccc2Cl)cc1. The second kappa shape index (κ2) is 8.10. The number of rotatable bonds is 5. The first-order valence-electron chi connectivity index (χ1n) is 8.20. The maximum absolute atomic E-state index is 12.5. The predicted octanol–water partition coefficient (Wildman–Crippen LogP) is 3.48. The van der Waals surface area contributed by atoms with Crippen molar-refractivity contribution in [1.82, 2.24) is 4.90 Å². The van der Waals surface area contributed by atoms with E-state index in [0.29, 0.717) is 11.3 Å². The van der Waals surface area contributed by atoms with E-state index >= 15 is 0 Å². The number of benzene rings is 2. The lowest BCUT2D eigenvalue weighted by Gasteiger charge is -2.13. The summed E-state index contributed by atoms with van der Waals surface area (Å²) in [6, 6.07) is 10.3. The Hall–Kier alpha value is -2.38. The molecule has 2 amide bonds. The van der Waals surface area contributed by atoms with Gasteiger partial charge in [0.05, 0.1) is 20.9 Å². The van der Waals surface area contributed by atoms with Crippen molar-refractivity contribution in [2.24, 2.45) is 0 Å². The monoisotopic (exact) mass is 408 g/mol. The van der Waals surface area contributed by atoms with Gasteiger partial charge in [-0.05, 0) is 56.3 Å². The average molecular weight is 409 g/mol. The highest BCUT2D eigenvalue weighted by Gasteiger charge is 2.19. The lowest BCUT2D eigenvalue weighted by atomic mass is 10.1. The van der Waals surface area contributed by atoms with Crippen molar-refractivity contribution in [2.75, 3.05) is 19.4 Å². The Kier molecular flexibility index (Phi) is 6.28. The van der Waals surface area contributed by atoms with E-state index < -0.39 is 21.0 Å². The smallest absolute Gasteiger partial charge is 0.255 e. The van der Waals surface area contributed by atoms with Crippen molar-refractivity contribution in [3.8, 4) is 0 Å². The van der Waals surface area contributed by atoms with E-state index in [2.05, 4.69) is 5.32 Å². The second-order valence-corrected chi connectivity index (χ2v) is 9.38. The number of nitrogens with one attached hydrogen (secondary N) is 1. The van der Waals surface area contributed by atoms with Crippen molar-refractivity contribution in [3.05, 3.63) is 58.6 Å². The molecule has 0 saturated carbocycles. The minimum Gasteiger partial charge on any atom is -0.345 e. The van der Waals surface area contributed by atoms with Gasteiger partial charge >= 0.3 is 0 Å². The summed E-state index contributed by atoms with van der Waals surface area (Å²) >= 11 is 6.11.